The molecule has 4 heteroatoms. The Kier molecular flexibility index (Phi) is 4.59. The Morgan fingerprint density at radius 3 is 3.24 bits per heavy atom. The van der Waals surface area contributed by atoms with Crippen LogP contribution in [0.4, 0.5) is 0 Å². The Bertz CT molecular complexity index is 383. The number of nitrogens with zero attached hydrogens (tertiary/aromatic N) is 1. The van der Waals surface area contributed by atoms with Crippen LogP contribution in [0.3, 0.4) is 0 Å². The van der Waals surface area contributed by atoms with Crippen molar-refractivity contribution < 1.29 is 9.53 Å². The van der Waals surface area contributed by atoms with Crippen LogP contribution in [0.5, 0.6) is 0 Å². The molecule has 0 aromatic heterocycles. The largest absolute Gasteiger partial charge is 0.375 e. The van der Waals surface area contributed by atoms with Gasteiger partial charge < -0.3 is 9.64 Å². The highest BCUT2D eigenvalue weighted by atomic mass is 32.2. The molecule has 0 N–H and O–H groups in total. The Balaban J connectivity index is 1.86. The fraction of sp³-hybridized carbons (Fsp3) is 0.462. The molecule has 2 rings (SSSR count). The quantitative estimate of drug-likeness (QED) is 0.604. The maximum atomic E-state index is 10.7. The average molecular weight is 251 g/mol. The van der Waals surface area contributed by atoms with Crippen LogP contribution in [-0.4, -0.2) is 49.8 Å². The van der Waals surface area contributed by atoms with E-state index < -0.39 is 0 Å². The van der Waals surface area contributed by atoms with E-state index in [4.69, 9.17) is 4.74 Å². The summed E-state index contributed by atoms with van der Waals surface area (Å²) >= 11 is 1.75. The first-order valence-electron chi connectivity index (χ1n) is 5.76. The molecule has 0 saturated carbocycles. The molecule has 1 aromatic carbocycles. The number of morpholine rings is 1. The van der Waals surface area contributed by atoms with Crippen LogP contribution in [0.2, 0.25) is 0 Å². The minimum atomic E-state index is 0.290. The topological polar surface area (TPSA) is 29.5 Å². The summed E-state index contributed by atoms with van der Waals surface area (Å²) in [6, 6.07) is 7.69. The van der Waals surface area contributed by atoms with Gasteiger partial charge in [0.25, 0.3) is 0 Å². The van der Waals surface area contributed by atoms with Crippen LogP contribution >= 0.6 is 11.8 Å². The number of carbonyl (C=O) groups excluding carboxylic acids is 1. The maximum Gasteiger partial charge on any atom is 0.150 e. The summed E-state index contributed by atoms with van der Waals surface area (Å²) < 4.78 is 5.69. The number of ether oxygens (including phenoxy) is 1. The van der Waals surface area contributed by atoms with Gasteiger partial charge in [0.05, 0.1) is 12.7 Å². The zero-order valence-corrected chi connectivity index (χ0v) is 10.8. The summed E-state index contributed by atoms with van der Waals surface area (Å²) in [7, 11) is 2.12. The molecule has 1 saturated heterocycles. The number of hydrogen-bond donors (Lipinski definition) is 0. The third kappa shape index (κ3) is 3.84. The van der Waals surface area contributed by atoms with E-state index in [0.717, 1.165) is 42.2 Å². The fourth-order valence-electron chi connectivity index (χ4n) is 1.83. The van der Waals surface area contributed by atoms with Crippen molar-refractivity contribution in [3.8, 4) is 0 Å². The molecule has 1 fully saturated rings. The van der Waals surface area contributed by atoms with Gasteiger partial charge in [0.15, 0.2) is 0 Å². The molecule has 17 heavy (non-hydrogen) atoms. The Labute approximate surface area is 106 Å². The van der Waals surface area contributed by atoms with Gasteiger partial charge in [-0.25, -0.2) is 0 Å². The standard InChI is InChI=1S/C13H17NO2S/c1-14-5-6-16-12(8-14)10-17-13-4-2-3-11(7-13)9-15/h2-4,7,9,12H,5-6,8,10H2,1H3. The summed E-state index contributed by atoms with van der Waals surface area (Å²) in [6.07, 6.45) is 1.17. The van der Waals surface area contributed by atoms with Gasteiger partial charge in [-0.05, 0) is 19.2 Å². The molecule has 3 nitrogen and oxygen atoms in total. The first-order valence-corrected chi connectivity index (χ1v) is 6.74. The molecular weight excluding hydrogens is 234 g/mol. The van der Waals surface area contributed by atoms with Gasteiger partial charge in [0.2, 0.25) is 0 Å². The molecule has 0 amide bonds. The van der Waals surface area contributed by atoms with E-state index >= 15 is 0 Å². The average Bonchev–Trinajstić information content (AvgIpc) is 2.37. The van der Waals surface area contributed by atoms with Crippen molar-refractivity contribution >= 4 is 18.0 Å². The highest BCUT2D eigenvalue weighted by Gasteiger charge is 2.17. The van der Waals surface area contributed by atoms with Gasteiger partial charge in [-0.2, -0.15) is 0 Å². The molecule has 1 aromatic rings. The predicted molar refractivity (Wildman–Crippen MR) is 69.8 cm³/mol. The van der Waals surface area contributed by atoms with Crippen LogP contribution in [0.15, 0.2) is 29.2 Å². The lowest BCUT2D eigenvalue weighted by molar-refractivity contribution is -0.00598. The van der Waals surface area contributed by atoms with Gasteiger partial charge in [0.1, 0.15) is 6.29 Å². The van der Waals surface area contributed by atoms with E-state index in [1.54, 1.807) is 11.8 Å². The smallest absolute Gasteiger partial charge is 0.150 e. The summed E-state index contributed by atoms with van der Waals surface area (Å²) in [5.41, 5.74) is 0.733. The minimum Gasteiger partial charge on any atom is -0.375 e. The SMILES string of the molecule is CN1CCOC(CSc2cccc(C=O)c2)C1. The van der Waals surface area contributed by atoms with Crippen LogP contribution in [0.25, 0.3) is 0 Å². The van der Waals surface area contributed by atoms with Crippen LogP contribution in [-0.2, 0) is 4.74 Å². The van der Waals surface area contributed by atoms with Gasteiger partial charge in [-0.1, -0.05) is 12.1 Å². The molecular formula is C13H17NO2S. The molecule has 1 heterocycles. The van der Waals surface area contributed by atoms with Crippen molar-refractivity contribution in [1.82, 2.24) is 4.90 Å². The molecule has 0 aliphatic carbocycles. The molecule has 92 valence electrons. The molecule has 0 spiro atoms. The minimum absolute atomic E-state index is 0.290. The highest BCUT2D eigenvalue weighted by molar-refractivity contribution is 7.99. The summed E-state index contributed by atoms with van der Waals surface area (Å²) in [5.74, 6) is 0.937. The van der Waals surface area contributed by atoms with Crippen molar-refractivity contribution in [2.75, 3.05) is 32.5 Å². The Morgan fingerprint density at radius 1 is 1.59 bits per heavy atom. The molecule has 0 radical (unpaired) electrons. The lowest BCUT2D eigenvalue weighted by Crippen LogP contribution is -2.41. The van der Waals surface area contributed by atoms with Gasteiger partial charge >= 0.3 is 0 Å². The summed E-state index contributed by atoms with van der Waals surface area (Å²) in [4.78, 5) is 14.1. The van der Waals surface area contributed by atoms with E-state index in [2.05, 4.69) is 11.9 Å². The second-order valence-corrected chi connectivity index (χ2v) is 5.35. The Hall–Kier alpha value is -0.840. The maximum absolute atomic E-state index is 10.7. The highest BCUT2D eigenvalue weighted by Crippen LogP contribution is 2.21. The number of thioether (sulfide) groups is 1. The van der Waals surface area contributed by atoms with Crippen molar-refractivity contribution in [1.29, 1.82) is 0 Å². The van der Waals surface area contributed by atoms with Crippen molar-refractivity contribution in [2.24, 2.45) is 0 Å². The van der Waals surface area contributed by atoms with Gasteiger partial charge in [-0.3, -0.25) is 4.79 Å². The number of hydrogen-bond acceptors (Lipinski definition) is 4. The first kappa shape index (κ1) is 12.6. The van der Waals surface area contributed by atoms with Crippen LogP contribution < -0.4 is 0 Å². The molecule has 1 unspecified atom stereocenters. The van der Waals surface area contributed by atoms with Crippen molar-refractivity contribution in [3.63, 3.8) is 0 Å². The number of likely N-dealkylation sites (N-methyl/N-ethyl adjacent to an activating group) is 1. The van der Waals surface area contributed by atoms with Crippen LogP contribution in [0, 0.1) is 0 Å². The van der Waals surface area contributed by atoms with E-state index in [9.17, 15) is 4.79 Å². The molecule has 1 aliphatic rings. The monoisotopic (exact) mass is 251 g/mol. The molecule has 1 aliphatic heterocycles. The molecule has 1 atom stereocenters. The molecule has 0 bridgehead atoms. The Morgan fingerprint density at radius 2 is 2.47 bits per heavy atom. The summed E-state index contributed by atoms with van der Waals surface area (Å²) in [5, 5.41) is 0. The number of carbonyl (C=O) groups is 1. The van der Waals surface area contributed by atoms with Gasteiger partial charge in [-0.15, -0.1) is 11.8 Å². The normalized spacial score (nSPS) is 21.4. The third-order valence-corrected chi connectivity index (χ3v) is 3.90. The number of aldehydes is 1. The fourth-order valence-corrected chi connectivity index (χ4v) is 2.81. The zero-order valence-electron chi connectivity index (χ0n) is 9.96. The second-order valence-electron chi connectivity index (χ2n) is 4.26. The second kappa shape index (κ2) is 6.19. The van der Waals surface area contributed by atoms with Crippen molar-refractivity contribution in [3.05, 3.63) is 29.8 Å². The zero-order chi connectivity index (χ0) is 12.1. The van der Waals surface area contributed by atoms with E-state index in [-0.39, 0.29) is 0 Å². The van der Waals surface area contributed by atoms with Gasteiger partial charge in [0, 0.05) is 29.3 Å². The third-order valence-electron chi connectivity index (χ3n) is 2.77. The predicted octanol–water partition coefficient (Wildman–Crippen LogP) is 1.92. The van der Waals surface area contributed by atoms with E-state index in [1.165, 1.54) is 0 Å². The lowest BCUT2D eigenvalue weighted by Gasteiger charge is -2.29. The number of benzene rings is 1. The van der Waals surface area contributed by atoms with E-state index in [1.807, 2.05) is 24.3 Å². The van der Waals surface area contributed by atoms with Crippen molar-refractivity contribution in [2.45, 2.75) is 11.0 Å². The summed E-state index contributed by atoms with van der Waals surface area (Å²) in [6.45, 7) is 2.82. The van der Waals surface area contributed by atoms with E-state index in [0.29, 0.717) is 6.10 Å². The first-order chi connectivity index (χ1) is 8.28. The van der Waals surface area contributed by atoms with Crippen LogP contribution in [0.1, 0.15) is 10.4 Å². The lowest BCUT2D eigenvalue weighted by atomic mass is 10.2. The number of rotatable bonds is 4.